The molecule has 0 atom stereocenters. The maximum absolute atomic E-state index is 5.32. The van der Waals surface area contributed by atoms with Crippen LogP contribution in [0.5, 0.6) is 0 Å². The molecule has 1 heteroatoms. The highest BCUT2D eigenvalue weighted by Gasteiger charge is 1.94. The molecule has 0 saturated heterocycles. The quantitative estimate of drug-likeness (QED) is 0.608. The first-order valence-electron chi connectivity index (χ1n) is 3.95. The molecule has 0 fully saturated rings. The van der Waals surface area contributed by atoms with E-state index in [0.29, 0.717) is 0 Å². The minimum atomic E-state index is 0.922. The van der Waals surface area contributed by atoms with Gasteiger partial charge in [0.15, 0.2) is 0 Å². The van der Waals surface area contributed by atoms with Crippen molar-refractivity contribution in [2.75, 3.05) is 0 Å². The Bertz CT molecular complexity index is 492. The highest BCUT2D eigenvalue weighted by atomic mass is 79.9. The average Bonchev–Trinajstić information content (AvgIpc) is 2.16. The van der Waals surface area contributed by atoms with Crippen LogP contribution in [0.2, 0.25) is 0 Å². The number of halogens is 1. The molecule has 0 bridgehead atoms. The van der Waals surface area contributed by atoms with Crippen molar-refractivity contribution in [3.8, 4) is 12.3 Å². The third kappa shape index (κ3) is 1.59. The lowest BCUT2D eigenvalue weighted by Gasteiger charge is -1.98. The summed E-state index contributed by atoms with van der Waals surface area (Å²) >= 11 is 3.43. The zero-order valence-corrected chi connectivity index (χ0v) is 8.51. The second kappa shape index (κ2) is 3.24. The van der Waals surface area contributed by atoms with E-state index in [-0.39, 0.29) is 0 Å². The second-order valence-corrected chi connectivity index (χ2v) is 3.77. The van der Waals surface area contributed by atoms with Crippen LogP contribution in [0.25, 0.3) is 10.8 Å². The highest BCUT2D eigenvalue weighted by Crippen LogP contribution is 2.20. The summed E-state index contributed by atoms with van der Waals surface area (Å²) in [5.41, 5.74) is 0.922. The van der Waals surface area contributed by atoms with Crippen molar-refractivity contribution < 1.29 is 0 Å². The van der Waals surface area contributed by atoms with Gasteiger partial charge in [-0.05, 0) is 35.0 Å². The second-order valence-electron chi connectivity index (χ2n) is 2.85. The molecule has 0 aliphatic heterocycles. The van der Waals surface area contributed by atoms with Gasteiger partial charge < -0.3 is 0 Å². The average molecular weight is 231 g/mol. The number of terminal acetylenes is 1. The van der Waals surface area contributed by atoms with Crippen LogP contribution in [0.4, 0.5) is 0 Å². The van der Waals surface area contributed by atoms with Gasteiger partial charge in [-0.3, -0.25) is 0 Å². The zero-order chi connectivity index (χ0) is 9.26. The topological polar surface area (TPSA) is 0 Å². The molecule has 13 heavy (non-hydrogen) atoms. The first-order chi connectivity index (χ1) is 6.29. The van der Waals surface area contributed by atoms with Crippen LogP contribution in [0.3, 0.4) is 0 Å². The molecule has 0 unspecified atom stereocenters. The predicted molar refractivity (Wildman–Crippen MR) is 59.6 cm³/mol. The monoisotopic (exact) mass is 230 g/mol. The molecule has 0 aliphatic carbocycles. The van der Waals surface area contributed by atoms with Gasteiger partial charge in [0.05, 0.1) is 0 Å². The van der Waals surface area contributed by atoms with Crippen molar-refractivity contribution in [3.05, 3.63) is 46.4 Å². The van der Waals surface area contributed by atoms with E-state index in [2.05, 4.69) is 34.0 Å². The van der Waals surface area contributed by atoms with Gasteiger partial charge in [-0.1, -0.05) is 34.0 Å². The fourth-order valence-corrected chi connectivity index (χ4v) is 1.69. The third-order valence-corrected chi connectivity index (χ3v) is 2.46. The molecule has 0 aliphatic rings. The van der Waals surface area contributed by atoms with Crippen LogP contribution in [-0.2, 0) is 0 Å². The lowest BCUT2D eigenvalue weighted by atomic mass is 10.1. The molecule has 0 spiro atoms. The van der Waals surface area contributed by atoms with Gasteiger partial charge in [-0.2, -0.15) is 0 Å². The Hall–Kier alpha value is -1.26. The van der Waals surface area contributed by atoms with E-state index in [4.69, 9.17) is 6.42 Å². The molecule has 0 aromatic heterocycles. The molecule has 0 heterocycles. The normalized spacial score (nSPS) is 9.85. The van der Waals surface area contributed by atoms with E-state index in [9.17, 15) is 0 Å². The summed E-state index contributed by atoms with van der Waals surface area (Å²) in [4.78, 5) is 0. The first-order valence-corrected chi connectivity index (χ1v) is 4.75. The molecule has 2 aromatic rings. The Kier molecular flexibility index (Phi) is 2.08. The Labute approximate surface area is 85.7 Å². The highest BCUT2D eigenvalue weighted by molar-refractivity contribution is 9.10. The van der Waals surface area contributed by atoms with E-state index < -0.39 is 0 Å². The standard InChI is InChI=1S/C12H7Br/c1-2-9-3-4-10-5-6-12(13)8-11(10)7-9/h1,3-8H. The summed E-state index contributed by atoms with van der Waals surface area (Å²) in [6.45, 7) is 0. The summed E-state index contributed by atoms with van der Waals surface area (Å²) in [7, 11) is 0. The predicted octanol–water partition coefficient (Wildman–Crippen LogP) is 3.58. The van der Waals surface area contributed by atoms with Gasteiger partial charge in [0, 0.05) is 10.0 Å². The van der Waals surface area contributed by atoms with Crippen molar-refractivity contribution in [3.63, 3.8) is 0 Å². The van der Waals surface area contributed by atoms with Crippen molar-refractivity contribution in [2.24, 2.45) is 0 Å². The molecular weight excluding hydrogens is 224 g/mol. The summed E-state index contributed by atoms with van der Waals surface area (Å²) < 4.78 is 1.08. The lowest BCUT2D eigenvalue weighted by molar-refractivity contribution is 1.67. The number of hydrogen-bond acceptors (Lipinski definition) is 0. The summed E-state index contributed by atoms with van der Waals surface area (Å²) in [5.74, 6) is 2.62. The molecule has 2 rings (SSSR count). The minimum absolute atomic E-state index is 0.922. The fraction of sp³-hybridized carbons (Fsp3) is 0. The maximum Gasteiger partial charge on any atom is 0.0248 e. The van der Waals surface area contributed by atoms with Crippen LogP contribution in [0, 0.1) is 12.3 Å². The largest absolute Gasteiger partial charge is 0.115 e. The Morgan fingerprint density at radius 1 is 1.00 bits per heavy atom. The number of benzene rings is 2. The first kappa shape index (κ1) is 8.34. The number of hydrogen-bond donors (Lipinski definition) is 0. The van der Waals surface area contributed by atoms with Gasteiger partial charge in [0.1, 0.15) is 0 Å². The Morgan fingerprint density at radius 3 is 2.54 bits per heavy atom. The minimum Gasteiger partial charge on any atom is -0.115 e. The van der Waals surface area contributed by atoms with E-state index in [1.807, 2.05) is 24.3 Å². The lowest BCUT2D eigenvalue weighted by Crippen LogP contribution is -1.76. The fourth-order valence-electron chi connectivity index (χ4n) is 1.31. The van der Waals surface area contributed by atoms with E-state index in [0.717, 1.165) is 10.0 Å². The van der Waals surface area contributed by atoms with Crippen molar-refractivity contribution in [2.45, 2.75) is 0 Å². The van der Waals surface area contributed by atoms with Gasteiger partial charge in [0.25, 0.3) is 0 Å². The molecule has 0 nitrogen and oxygen atoms in total. The van der Waals surface area contributed by atoms with Crippen LogP contribution in [0.1, 0.15) is 5.56 Å². The SMILES string of the molecule is C#Cc1ccc2ccc(Br)cc2c1. The van der Waals surface area contributed by atoms with Gasteiger partial charge in [0.2, 0.25) is 0 Å². The van der Waals surface area contributed by atoms with Crippen LogP contribution < -0.4 is 0 Å². The molecule has 62 valence electrons. The molecule has 0 amide bonds. The molecule has 2 aromatic carbocycles. The zero-order valence-electron chi connectivity index (χ0n) is 6.92. The Balaban J connectivity index is 2.77. The van der Waals surface area contributed by atoms with E-state index in [1.165, 1.54) is 10.8 Å². The van der Waals surface area contributed by atoms with Crippen LogP contribution in [-0.4, -0.2) is 0 Å². The van der Waals surface area contributed by atoms with Crippen molar-refractivity contribution in [1.82, 2.24) is 0 Å². The molecular formula is C12H7Br. The smallest absolute Gasteiger partial charge is 0.0248 e. The summed E-state index contributed by atoms with van der Waals surface area (Å²) in [5, 5.41) is 2.38. The molecule has 0 N–H and O–H groups in total. The van der Waals surface area contributed by atoms with Gasteiger partial charge >= 0.3 is 0 Å². The maximum atomic E-state index is 5.32. The van der Waals surface area contributed by atoms with Crippen LogP contribution in [0.15, 0.2) is 40.9 Å². The number of rotatable bonds is 0. The summed E-state index contributed by atoms with van der Waals surface area (Å²) in [6, 6.07) is 12.2. The Morgan fingerprint density at radius 2 is 1.77 bits per heavy atom. The van der Waals surface area contributed by atoms with E-state index >= 15 is 0 Å². The molecule has 0 saturated carbocycles. The van der Waals surface area contributed by atoms with Crippen LogP contribution >= 0.6 is 15.9 Å². The summed E-state index contributed by atoms with van der Waals surface area (Å²) in [6.07, 6.45) is 5.32. The van der Waals surface area contributed by atoms with Gasteiger partial charge in [-0.25, -0.2) is 0 Å². The van der Waals surface area contributed by atoms with Gasteiger partial charge in [-0.15, -0.1) is 6.42 Å². The van der Waals surface area contributed by atoms with E-state index in [1.54, 1.807) is 0 Å². The van der Waals surface area contributed by atoms with Crippen molar-refractivity contribution >= 4 is 26.7 Å². The molecule has 0 radical (unpaired) electrons. The third-order valence-electron chi connectivity index (χ3n) is 1.97. The number of fused-ring (bicyclic) bond motifs is 1. The van der Waals surface area contributed by atoms with Crippen molar-refractivity contribution in [1.29, 1.82) is 0 Å².